The smallest absolute Gasteiger partial charge is 0.303 e. The van der Waals surface area contributed by atoms with Crippen molar-refractivity contribution in [3.63, 3.8) is 0 Å². The highest BCUT2D eigenvalue weighted by atomic mass is 35.5. The average Bonchev–Trinajstić information content (AvgIpc) is 2.42. The molecule has 1 aromatic rings. The zero-order chi connectivity index (χ0) is 16.0. The molecule has 0 aliphatic carbocycles. The first kappa shape index (κ1) is 17.3. The highest BCUT2D eigenvalue weighted by molar-refractivity contribution is 6.42. The molecule has 0 aliphatic heterocycles. The van der Waals surface area contributed by atoms with Crippen LogP contribution in [-0.4, -0.2) is 22.2 Å². The first-order valence-corrected chi connectivity index (χ1v) is 6.87. The SMILES string of the molecule is N#CC(CCC(=O)O)(CCC(=O)O)c1ccc(Cl)c(Cl)c1. The summed E-state index contributed by atoms with van der Waals surface area (Å²) in [4.78, 5) is 21.6. The molecule has 7 heteroatoms. The Morgan fingerprint density at radius 1 is 1.10 bits per heavy atom. The van der Waals surface area contributed by atoms with E-state index in [1.165, 1.54) is 12.1 Å². The average molecular weight is 330 g/mol. The molecule has 2 N–H and O–H groups in total. The highest BCUT2D eigenvalue weighted by Crippen LogP contribution is 2.36. The molecule has 0 aromatic heterocycles. The topological polar surface area (TPSA) is 98.4 Å². The van der Waals surface area contributed by atoms with Crippen LogP contribution >= 0.6 is 23.2 Å². The number of rotatable bonds is 7. The molecule has 0 saturated heterocycles. The zero-order valence-electron chi connectivity index (χ0n) is 11.0. The van der Waals surface area contributed by atoms with Crippen molar-refractivity contribution in [1.82, 2.24) is 0 Å². The van der Waals surface area contributed by atoms with Crippen LogP contribution in [0.5, 0.6) is 0 Å². The van der Waals surface area contributed by atoms with Crippen LogP contribution in [0.4, 0.5) is 0 Å². The second kappa shape index (κ2) is 7.30. The van der Waals surface area contributed by atoms with E-state index in [1.807, 2.05) is 0 Å². The molecule has 0 heterocycles. The normalized spacial score (nSPS) is 10.9. The third-order valence-corrected chi connectivity index (χ3v) is 3.96. The van der Waals surface area contributed by atoms with E-state index < -0.39 is 17.4 Å². The van der Waals surface area contributed by atoms with Gasteiger partial charge in [0.2, 0.25) is 0 Å². The van der Waals surface area contributed by atoms with Crippen molar-refractivity contribution in [2.45, 2.75) is 31.1 Å². The molecule has 1 aromatic carbocycles. The lowest BCUT2D eigenvalue weighted by Gasteiger charge is -2.26. The van der Waals surface area contributed by atoms with E-state index in [1.54, 1.807) is 6.07 Å². The summed E-state index contributed by atoms with van der Waals surface area (Å²) in [6.07, 6.45) is -0.477. The number of aliphatic carboxylic acids is 2. The van der Waals surface area contributed by atoms with E-state index in [4.69, 9.17) is 33.4 Å². The molecule has 0 aliphatic rings. The summed E-state index contributed by atoms with van der Waals surface area (Å²) in [6, 6.07) is 6.62. The maximum Gasteiger partial charge on any atom is 0.303 e. The Morgan fingerprint density at radius 2 is 1.62 bits per heavy atom. The molecule has 5 nitrogen and oxygen atoms in total. The number of carboxylic acids is 2. The van der Waals surface area contributed by atoms with Crippen molar-refractivity contribution in [1.29, 1.82) is 5.26 Å². The fourth-order valence-electron chi connectivity index (χ4n) is 2.02. The van der Waals surface area contributed by atoms with E-state index >= 15 is 0 Å². The van der Waals surface area contributed by atoms with Gasteiger partial charge in [0.1, 0.15) is 0 Å². The predicted molar refractivity (Wildman–Crippen MR) is 77.5 cm³/mol. The van der Waals surface area contributed by atoms with Gasteiger partial charge in [-0.25, -0.2) is 0 Å². The van der Waals surface area contributed by atoms with Crippen molar-refractivity contribution in [2.75, 3.05) is 0 Å². The van der Waals surface area contributed by atoms with Gasteiger partial charge in [-0.15, -0.1) is 0 Å². The number of hydrogen-bond donors (Lipinski definition) is 2. The van der Waals surface area contributed by atoms with Gasteiger partial charge in [0.15, 0.2) is 0 Å². The monoisotopic (exact) mass is 329 g/mol. The lowest BCUT2D eigenvalue weighted by molar-refractivity contribution is -0.137. The highest BCUT2D eigenvalue weighted by Gasteiger charge is 2.34. The third-order valence-electron chi connectivity index (χ3n) is 3.22. The molecule has 0 unspecified atom stereocenters. The van der Waals surface area contributed by atoms with Crippen LogP contribution in [0.3, 0.4) is 0 Å². The fraction of sp³-hybridized carbons (Fsp3) is 0.357. The molecular weight excluding hydrogens is 317 g/mol. The van der Waals surface area contributed by atoms with Crippen molar-refractivity contribution in [3.8, 4) is 6.07 Å². The van der Waals surface area contributed by atoms with Crippen LogP contribution in [0.15, 0.2) is 18.2 Å². The largest absolute Gasteiger partial charge is 0.481 e. The Labute approximate surface area is 131 Å². The summed E-state index contributed by atoms with van der Waals surface area (Å²) < 4.78 is 0. The quantitative estimate of drug-likeness (QED) is 0.797. The number of nitrogens with zero attached hydrogens (tertiary/aromatic N) is 1. The van der Waals surface area contributed by atoms with Crippen LogP contribution in [0, 0.1) is 11.3 Å². The minimum absolute atomic E-state index is 0.00404. The molecule has 1 rings (SSSR count). The first-order chi connectivity index (χ1) is 9.80. The summed E-state index contributed by atoms with van der Waals surface area (Å²) in [5, 5.41) is 27.7. The van der Waals surface area contributed by atoms with E-state index in [0.717, 1.165) is 0 Å². The maximum absolute atomic E-state index is 10.8. The Balaban J connectivity index is 3.19. The Kier molecular flexibility index (Phi) is 6.01. The van der Waals surface area contributed by atoms with Gasteiger partial charge in [0.05, 0.1) is 21.5 Å². The van der Waals surface area contributed by atoms with Crippen molar-refractivity contribution in [3.05, 3.63) is 33.8 Å². The van der Waals surface area contributed by atoms with Crippen LogP contribution in [-0.2, 0) is 15.0 Å². The fourth-order valence-corrected chi connectivity index (χ4v) is 2.32. The van der Waals surface area contributed by atoms with Gasteiger partial charge in [-0.3, -0.25) is 9.59 Å². The van der Waals surface area contributed by atoms with Crippen LogP contribution in [0.2, 0.25) is 10.0 Å². The summed E-state index contributed by atoms with van der Waals surface area (Å²) in [5.74, 6) is -2.10. The Bertz CT molecular complexity index is 577. The molecule has 0 bridgehead atoms. The Morgan fingerprint density at radius 3 is 2.00 bits per heavy atom. The molecule has 112 valence electrons. The maximum atomic E-state index is 10.8. The number of benzene rings is 1. The summed E-state index contributed by atoms with van der Waals surface area (Å²) in [7, 11) is 0. The van der Waals surface area contributed by atoms with Gasteiger partial charge in [-0.2, -0.15) is 5.26 Å². The van der Waals surface area contributed by atoms with Crippen molar-refractivity contribution in [2.24, 2.45) is 0 Å². The molecule has 0 saturated carbocycles. The Hall–Kier alpha value is -1.77. The molecule has 0 spiro atoms. The summed E-state index contributed by atoms with van der Waals surface area (Å²) in [5.41, 5.74) is -0.743. The third kappa shape index (κ3) is 4.62. The summed E-state index contributed by atoms with van der Waals surface area (Å²) >= 11 is 11.8. The van der Waals surface area contributed by atoms with E-state index in [0.29, 0.717) is 10.6 Å². The summed E-state index contributed by atoms with van der Waals surface area (Å²) in [6.45, 7) is 0. The van der Waals surface area contributed by atoms with Gasteiger partial charge in [-0.05, 0) is 30.5 Å². The number of carboxylic acid groups (broad SMARTS) is 2. The second-order valence-corrected chi connectivity index (χ2v) is 5.42. The molecule has 0 fully saturated rings. The number of hydrogen-bond acceptors (Lipinski definition) is 3. The lowest BCUT2D eigenvalue weighted by atomic mass is 9.74. The van der Waals surface area contributed by atoms with Gasteiger partial charge >= 0.3 is 11.9 Å². The molecule has 0 radical (unpaired) electrons. The van der Waals surface area contributed by atoms with Crippen LogP contribution < -0.4 is 0 Å². The van der Waals surface area contributed by atoms with Crippen LogP contribution in [0.25, 0.3) is 0 Å². The van der Waals surface area contributed by atoms with E-state index in [9.17, 15) is 14.9 Å². The number of halogens is 2. The molecule has 21 heavy (non-hydrogen) atoms. The van der Waals surface area contributed by atoms with Gasteiger partial charge in [0, 0.05) is 12.8 Å². The predicted octanol–water partition coefficient (Wildman–Crippen LogP) is 3.48. The van der Waals surface area contributed by atoms with Gasteiger partial charge < -0.3 is 10.2 Å². The van der Waals surface area contributed by atoms with E-state index in [-0.39, 0.29) is 30.7 Å². The minimum Gasteiger partial charge on any atom is -0.481 e. The first-order valence-electron chi connectivity index (χ1n) is 6.11. The lowest BCUT2D eigenvalue weighted by Crippen LogP contribution is -2.26. The molecule has 0 amide bonds. The number of carbonyl (C=O) groups is 2. The minimum atomic E-state index is -1.22. The standard InChI is InChI=1S/C14H13Cl2NO4/c15-10-2-1-9(7-11(10)16)14(8-17,5-3-12(18)19)6-4-13(20)21/h1-2,7H,3-6H2,(H,18,19)(H,20,21). The van der Waals surface area contributed by atoms with Crippen LogP contribution in [0.1, 0.15) is 31.2 Å². The molecular formula is C14H13Cl2NO4. The second-order valence-electron chi connectivity index (χ2n) is 4.61. The zero-order valence-corrected chi connectivity index (χ0v) is 12.5. The van der Waals surface area contributed by atoms with Gasteiger partial charge in [0.25, 0.3) is 0 Å². The van der Waals surface area contributed by atoms with Crippen molar-refractivity contribution >= 4 is 35.1 Å². The van der Waals surface area contributed by atoms with Crippen molar-refractivity contribution < 1.29 is 19.8 Å². The van der Waals surface area contributed by atoms with Gasteiger partial charge in [-0.1, -0.05) is 29.3 Å². The van der Waals surface area contributed by atoms with E-state index in [2.05, 4.69) is 6.07 Å². The molecule has 0 atom stereocenters. The number of nitriles is 1.